The van der Waals surface area contributed by atoms with Gasteiger partial charge in [-0.25, -0.2) is 0 Å². The fourth-order valence-corrected chi connectivity index (χ4v) is 9.52. The Morgan fingerprint density at radius 3 is 1.28 bits per heavy atom. The van der Waals surface area contributed by atoms with Crippen LogP contribution in [0.5, 0.6) is 0 Å². The summed E-state index contributed by atoms with van der Waals surface area (Å²) in [4.78, 5) is 0. The Kier molecular flexibility index (Phi) is 7.63. The van der Waals surface area contributed by atoms with E-state index in [2.05, 4.69) is 220 Å². The van der Waals surface area contributed by atoms with E-state index < -0.39 is 0 Å². The predicted octanol–water partition coefficient (Wildman–Crippen LogP) is 15.8. The molecule has 1 aliphatic rings. The first kappa shape index (κ1) is 33.3. The highest BCUT2D eigenvalue weighted by Gasteiger charge is 2.36. The molecule has 0 aromatic heterocycles. The maximum Gasteiger partial charge on any atom is 0.0159 e. The normalized spacial score (nSPS) is 12.9. The molecular formula is C57H40. The maximum absolute atomic E-state index is 2.43. The van der Waals surface area contributed by atoms with Crippen LogP contribution in [-0.4, -0.2) is 0 Å². The second-order valence-corrected chi connectivity index (χ2v) is 16.1. The van der Waals surface area contributed by atoms with Gasteiger partial charge in [-0.2, -0.15) is 0 Å². The zero-order valence-electron chi connectivity index (χ0n) is 32.1. The van der Waals surface area contributed by atoms with E-state index >= 15 is 0 Å². The molecule has 268 valence electrons. The van der Waals surface area contributed by atoms with Gasteiger partial charge in [0, 0.05) is 5.41 Å². The minimum Gasteiger partial charge on any atom is -0.0622 e. The molecule has 0 heterocycles. The summed E-state index contributed by atoms with van der Waals surface area (Å²) in [6, 6.07) is 76.3. The lowest BCUT2D eigenvalue weighted by molar-refractivity contribution is 0.661. The smallest absolute Gasteiger partial charge is 0.0159 e. The summed E-state index contributed by atoms with van der Waals surface area (Å²) >= 11 is 0. The van der Waals surface area contributed by atoms with E-state index in [-0.39, 0.29) is 5.41 Å². The van der Waals surface area contributed by atoms with Gasteiger partial charge in [-0.05, 0) is 134 Å². The maximum atomic E-state index is 2.43. The first-order valence-electron chi connectivity index (χ1n) is 20.0. The van der Waals surface area contributed by atoms with Gasteiger partial charge in [0.05, 0.1) is 0 Å². The summed E-state index contributed by atoms with van der Waals surface area (Å²) in [5.74, 6) is 0. The Labute approximate surface area is 334 Å². The molecule has 10 aromatic carbocycles. The molecule has 0 unspecified atom stereocenters. The lowest BCUT2D eigenvalue weighted by Crippen LogP contribution is -2.15. The van der Waals surface area contributed by atoms with Gasteiger partial charge < -0.3 is 0 Å². The van der Waals surface area contributed by atoms with Crippen molar-refractivity contribution in [2.24, 2.45) is 0 Å². The monoisotopic (exact) mass is 724 g/mol. The van der Waals surface area contributed by atoms with E-state index in [1.807, 2.05) is 0 Å². The molecule has 0 heteroatoms. The highest BCUT2D eigenvalue weighted by Crippen LogP contribution is 2.51. The number of rotatable bonds is 5. The Bertz CT molecular complexity index is 3110. The van der Waals surface area contributed by atoms with Crippen molar-refractivity contribution in [2.45, 2.75) is 19.3 Å². The lowest BCUT2D eigenvalue weighted by Gasteiger charge is -2.22. The van der Waals surface area contributed by atoms with Crippen molar-refractivity contribution in [1.29, 1.82) is 0 Å². The largest absolute Gasteiger partial charge is 0.0622 e. The SMILES string of the molecule is CC1(C)c2cc(-c3ccc(-c4c5ccccc5c(-c5cccc(-c6ccc(-c7ccccc7)cc6)c5)c5ccccc45)cc3)ccc2-c2cc3ccccc3cc21. The molecule has 11 rings (SSSR count). The molecule has 0 amide bonds. The number of hydrogen-bond donors (Lipinski definition) is 0. The van der Waals surface area contributed by atoms with E-state index in [0.717, 1.165) is 0 Å². The van der Waals surface area contributed by atoms with Crippen molar-refractivity contribution in [1.82, 2.24) is 0 Å². The molecule has 0 fully saturated rings. The third kappa shape index (κ3) is 5.44. The van der Waals surface area contributed by atoms with Crippen molar-refractivity contribution < 1.29 is 0 Å². The average molecular weight is 725 g/mol. The summed E-state index contributed by atoms with van der Waals surface area (Å²) in [6.45, 7) is 4.75. The molecule has 0 saturated heterocycles. The first-order chi connectivity index (χ1) is 28.0. The molecule has 0 nitrogen and oxygen atoms in total. The molecule has 0 saturated carbocycles. The van der Waals surface area contributed by atoms with Crippen LogP contribution in [0.4, 0.5) is 0 Å². The first-order valence-corrected chi connectivity index (χ1v) is 20.0. The van der Waals surface area contributed by atoms with Crippen LogP contribution in [0.2, 0.25) is 0 Å². The van der Waals surface area contributed by atoms with Crippen molar-refractivity contribution in [3.05, 3.63) is 217 Å². The quantitative estimate of drug-likeness (QED) is 0.155. The summed E-state index contributed by atoms with van der Waals surface area (Å²) in [5.41, 5.74) is 17.8. The number of fused-ring (bicyclic) bond motifs is 6. The Morgan fingerprint density at radius 2 is 0.667 bits per heavy atom. The molecule has 57 heavy (non-hydrogen) atoms. The van der Waals surface area contributed by atoms with Gasteiger partial charge in [-0.1, -0.05) is 196 Å². The lowest BCUT2D eigenvalue weighted by atomic mass is 9.81. The van der Waals surface area contributed by atoms with Gasteiger partial charge >= 0.3 is 0 Å². The number of hydrogen-bond acceptors (Lipinski definition) is 0. The fraction of sp³-hybridized carbons (Fsp3) is 0.0526. The third-order valence-corrected chi connectivity index (χ3v) is 12.5. The molecule has 0 spiro atoms. The second kappa shape index (κ2) is 13.0. The van der Waals surface area contributed by atoms with Crippen LogP contribution in [0, 0.1) is 0 Å². The molecule has 0 aliphatic heterocycles. The Morgan fingerprint density at radius 1 is 0.263 bits per heavy atom. The van der Waals surface area contributed by atoms with Crippen molar-refractivity contribution >= 4 is 32.3 Å². The van der Waals surface area contributed by atoms with E-state index in [9.17, 15) is 0 Å². The van der Waals surface area contributed by atoms with Crippen molar-refractivity contribution in [3.63, 3.8) is 0 Å². The Balaban J connectivity index is 0.983. The summed E-state index contributed by atoms with van der Waals surface area (Å²) in [7, 11) is 0. The fourth-order valence-electron chi connectivity index (χ4n) is 9.52. The Hall–Kier alpha value is -7.02. The summed E-state index contributed by atoms with van der Waals surface area (Å²) in [5, 5.41) is 7.66. The molecule has 0 bridgehead atoms. The van der Waals surface area contributed by atoms with Crippen LogP contribution in [0.1, 0.15) is 25.0 Å². The van der Waals surface area contributed by atoms with Gasteiger partial charge in [0.25, 0.3) is 0 Å². The zero-order valence-corrected chi connectivity index (χ0v) is 32.1. The molecule has 0 atom stereocenters. The van der Waals surface area contributed by atoms with E-state index in [4.69, 9.17) is 0 Å². The average Bonchev–Trinajstić information content (AvgIpc) is 3.49. The van der Waals surface area contributed by atoms with E-state index in [1.165, 1.54) is 110 Å². The second-order valence-electron chi connectivity index (χ2n) is 16.1. The van der Waals surface area contributed by atoms with Crippen LogP contribution in [0.3, 0.4) is 0 Å². The zero-order chi connectivity index (χ0) is 38.1. The molecular weight excluding hydrogens is 685 g/mol. The van der Waals surface area contributed by atoms with Crippen LogP contribution in [0.15, 0.2) is 206 Å². The standard InChI is InChI=1S/C57H40/c1-57(2)53-36-45(31-32-47(53)52-34-43-15-6-7-16-44(43)35-54(52)57)40-27-29-41(30-28-40)55-48-19-8-10-21-50(48)56(51-22-11-9-20-49(51)55)46-18-12-17-42(33-46)39-25-23-38(24-26-39)37-13-4-3-5-14-37/h3-36H,1-2H3. The van der Waals surface area contributed by atoms with Crippen LogP contribution in [-0.2, 0) is 5.41 Å². The van der Waals surface area contributed by atoms with Crippen molar-refractivity contribution in [2.75, 3.05) is 0 Å². The van der Waals surface area contributed by atoms with Crippen LogP contribution < -0.4 is 0 Å². The van der Waals surface area contributed by atoms with E-state index in [0.29, 0.717) is 0 Å². The molecule has 1 aliphatic carbocycles. The van der Waals surface area contributed by atoms with Crippen molar-refractivity contribution in [3.8, 4) is 66.8 Å². The van der Waals surface area contributed by atoms with E-state index in [1.54, 1.807) is 0 Å². The minimum atomic E-state index is -0.0727. The van der Waals surface area contributed by atoms with Crippen LogP contribution in [0.25, 0.3) is 99.1 Å². The van der Waals surface area contributed by atoms with Gasteiger partial charge in [-0.15, -0.1) is 0 Å². The van der Waals surface area contributed by atoms with Gasteiger partial charge in [-0.3, -0.25) is 0 Å². The molecule has 0 N–H and O–H groups in total. The van der Waals surface area contributed by atoms with Crippen LogP contribution >= 0.6 is 0 Å². The highest BCUT2D eigenvalue weighted by molar-refractivity contribution is 6.21. The minimum absolute atomic E-state index is 0.0727. The number of benzene rings is 10. The van der Waals surface area contributed by atoms with Gasteiger partial charge in [0.2, 0.25) is 0 Å². The predicted molar refractivity (Wildman–Crippen MR) is 244 cm³/mol. The third-order valence-electron chi connectivity index (χ3n) is 12.5. The summed E-state index contributed by atoms with van der Waals surface area (Å²) in [6.07, 6.45) is 0. The van der Waals surface area contributed by atoms with Gasteiger partial charge in [0.15, 0.2) is 0 Å². The summed E-state index contributed by atoms with van der Waals surface area (Å²) < 4.78 is 0. The highest BCUT2D eigenvalue weighted by atomic mass is 14.4. The van der Waals surface area contributed by atoms with Gasteiger partial charge in [0.1, 0.15) is 0 Å². The topological polar surface area (TPSA) is 0 Å². The molecule has 0 radical (unpaired) electrons. The molecule has 10 aromatic rings.